The summed E-state index contributed by atoms with van der Waals surface area (Å²) in [6, 6.07) is 14.5. The first-order valence-corrected chi connectivity index (χ1v) is 10.1. The van der Waals surface area contributed by atoms with E-state index in [0.717, 1.165) is 0 Å². The number of aromatic nitrogens is 1. The Bertz CT molecular complexity index is 1230. The molecule has 3 aromatic rings. The van der Waals surface area contributed by atoms with Crippen LogP contribution >= 0.6 is 0 Å². The van der Waals surface area contributed by atoms with Crippen LogP contribution in [0.25, 0.3) is 5.76 Å². The topological polar surface area (TPSA) is 89.0 Å². The van der Waals surface area contributed by atoms with Crippen LogP contribution in [0.5, 0.6) is 11.5 Å². The lowest BCUT2D eigenvalue weighted by atomic mass is 9.98. The molecule has 1 N–H and O–H groups in total. The molecule has 1 amide bonds. The predicted molar refractivity (Wildman–Crippen MR) is 118 cm³/mol. The van der Waals surface area contributed by atoms with Crippen molar-refractivity contribution in [2.45, 2.75) is 12.6 Å². The number of rotatable bonds is 6. The first-order valence-electron chi connectivity index (χ1n) is 10.1. The van der Waals surface area contributed by atoms with Gasteiger partial charge in [-0.15, -0.1) is 0 Å². The third-order valence-electron chi connectivity index (χ3n) is 5.43. The van der Waals surface area contributed by atoms with Crippen molar-refractivity contribution >= 4 is 17.4 Å². The van der Waals surface area contributed by atoms with E-state index in [4.69, 9.17) is 9.47 Å². The maximum absolute atomic E-state index is 13.3. The monoisotopic (exact) mass is 448 g/mol. The van der Waals surface area contributed by atoms with Gasteiger partial charge in [-0.05, 0) is 48.0 Å². The summed E-state index contributed by atoms with van der Waals surface area (Å²) < 4.78 is 23.9. The van der Waals surface area contributed by atoms with E-state index in [0.29, 0.717) is 22.8 Å². The Morgan fingerprint density at radius 1 is 1.03 bits per heavy atom. The molecule has 1 atom stereocenters. The van der Waals surface area contributed by atoms with E-state index < -0.39 is 23.5 Å². The molecule has 0 aliphatic carbocycles. The van der Waals surface area contributed by atoms with Crippen molar-refractivity contribution in [2.24, 2.45) is 0 Å². The Kier molecular flexibility index (Phi) is 6.08. The lowest BCUT2D eigenvalue weighted by Gasteiger charge is -2.24. The second kappa shape index (κ2) is 9.12. The van der Waals surface area contributed by atoms with Crippen LogP contribution in [0.15, 0.2) is 72.4 Å². The SMILES string of the molecule is COc1ccc(/C(O)=C2/C(=O)C(=O)N(Cc3ccc(F)cc3)C2c2ccccn2)cc1OC. The van der Waals surface area contributed by atoms with Crippen LogP contribution in [0.3, 0.4) is 0 Å². The molecule has 1 saturated heterocycles. The van der Waals surface area contributed by atoms with Gasteiger partial charge < -0.3 is 19.5 Å². The molecule has 0 saturated carbocycles. The zero-order valence-corrected chi connectivity index (χ0v) is 18.0. The van der Waals surface area contributed by atoms with Crippen LogP contribution in [0.2, 0.25) is 0 Å². The van der Waals surface area contributed by atoms with E-state index >= 15 is 0 Å². The van der Waals surface area contributed by atoms with Gasteiger partial charge in [0.25, 0.3) is 11.7 Å². The number of aliphatic hydroxyl groups excluding tert-OH is 1. The van der Waals surface area contributed by atoms with Gasteiger partial charge in [0, 0.05) is 18.3 Å². The number of aliphatic hydroxyl groups is 1. The first kappa shape index (κ1) is 22.0. The van der Waals surface area contributed by atoms with Gasteiger partial charge in [0.2, 0.25) is 0 Å². The Labute approximate surface area is 189 Å². The van der Waals surface area contributed by atoms with Gasteiger partial charge in [0.15, 0.2) is 11.5 Å². The number of amides is 1. The fourth-order valence-electron chi connectivity index (χ4n) is 3.81. The van der Waals surface area contributed by atoms with E-state index in [1.807, 2.05) is 0 Å². The van der Waals surface area contributed by atoms with E-state index in [9.17, 15) is 19.1 Å². The van der Waals surface area contributed by atoms with E-state index in [-0.39, 0.29) is 23.4 Å². The number of ether oxygens (including phenoxy) is 2. The van der Waals surface area contributed by atoms with E-state index in [1.165, 1.54) is 37.3 Å². The van der Waals surface area contributed by atoms with Gasteiger partial charge in [0.05, 0.1) is 25.5 Å². The highest BCUT2D eigenvalue weighted by atomic mass is 19.1. The molecule has 7 nitrogen and oxygen atoms in total. The molecule has 1 aromatic heterocycles. The zero-order valence-electron chi connectivity index (χ0n) is 18.0. The molecule has 1 unspecified atom stereocenters. The summed E-state index contributed by atoms with van der Waals surface area (Å²) in [5, 5.41) is 11.2. The predicted octanol–water partition coefficient (Wildman–Crippen LogP) is 3.86. The smallest absolute Gasteiger partial charge is 0.296 e. The fraction of sp³-hybridized carbons (Fsp3) is 0.160. The van der Waals surface area contributed by atoms with Gasteiger partial charge in [-0.1, -0.05) is 18.2 Å². The number of likely N-dealkylation sites (tertiary alicyclic amines) is 1. The molecule has 1 aliphatic rings. The van der Waals surface area contributed by atoms with Crippen molar-refractivity contribution in [3.8, 4) is 11.5 Å². The summed E-state index contributed by atoms with van der Waals surface area (Å²) in [6.45, 7) is 0.0365. The van der Waals surface area contributed by atoms with Gasteiger partial charge in [-0.3, -0.25) is 14.6 Å². The molecular weight excluding hydrogens is 427 g/mol. The lowest BCUT2D eigenvalue weighted by molar-refractivity contribution is -0.140. The maximum Gasteiger partial charge on any atom is 0.296 e. The summed E-state index contributed by atoms with van der Waals surface area (Å²) in [5.41, 5.74) is 1.24. The van der Waals surface area contributed by atoms with Crippen LogP contribution in [0.4, 0.5) is 4.39 Å². The normalized spacial score (nSPS) is 17.3. The minimum atomic E-state index is -0.927. The maximum atomic E-state index is 13.3. The number of hydrogen-bond donors (Lipinski definition) is 1. The highest BCUT2D eigenvalue weighted by Gasteiger charge is 2.46. The van der Waals surface area contributed by atoms with Crippen molar-refractivity contribution in [1.82, 2.24) is 9.88 Å². The minimum Gasteiger partial charge on any atom is -0.507 e. The summed E-state index contributed by atoms with van der Waals surface area (Å²) in [4.78, 5) is 31.7. The number of carbonyl (C=O) groups excluding carboxylic acids is 2. The third kappa shape index (κ3) is 4.15. The average molecular weight is 448 g/mol. The molecule has 4 rings (SSSR count). The quantitative estimate of drug-likeness (QED) is 0.350. The van der Waals surface area contributed by atoms with E-state index in [2.05, 4.69) is 4.98 Å². The number of pyridine rings is 1. The zero-order chi connectivity index (χ0) is 23.5. The Hall–Kier alpha value is -4.20. The van der Waals surface area contributed by atoms with Crippen LogP contribution in [0, 0.1) is 5.82 Å². The van der Waals surface area contributed by atoms with Crippen molar-refractivity contribution in [1.29, 1.82) is 0 Å². The molecule has 2 heterocycles. The molecule has 2 aromatic carbocycles. The van der Waals surface area contributed by atoms with Gasteiger partial charge in [-0.2, -0.15) is 0 Å². The fourth-order valence-corrected chi connectivity index (χ4v) is 3.81. The average Bonchev–Trinajstić information content (AvgIpc) is 3.10. The summed E-state index contributed by atoms with van der Waals surface area (Å²) in [6.07, 6.45) is 1.55. The molecule has 0 bridgehead atoms. The number of hydrogen-bond acceptors (Lipinski definition) is 6. The summed E-state index contributed by atoms with van der Waals surface area (Å²) >= 11 is 0. The number of methoxy groups -OCH3 is 2. The number of carbonyl (C=O) groups is 2. The Morgan fingerprint density at radius 2 is 1.76 bits per heavy atom. The number of nitrogens with zero attached hydrogens (tertiary/aromatic N) is 2. The number of benzene rings is 2. The van der Waals surface area contributed by atoms with Gasteiger partial charge >= 0.3 is 0 Å². The van der Waals surface area contributed by atoms with Crippen molar-refractivity contribution in [3.05, 3.63) is 95.1 Å². The van der Waals surface area contributed by atoms with Crippen LogP contribution < -0.4 is 9.47 Å². The standard InChI is InChI=1S/C25H21FN2O5/c1-32-19-11-8-16(13-20(19)33-2)23(29)21-22(18-5-3-4-12-27-18)28(25(31)24(21)30)14-15-6-9-17(26)10-7-15/h3-13,22,29H,14H2,1-2H3/b23-21-. The highest BCUT2D eigenvalue weighted by molar-refractivity contribution is 6.46. The highest BCUT2D eigenvalue weighted by Crippen LogP contribution is 2.40. The first-order chi connectivity index (χ1) is 15.9. The molecular formula is C25H21FN2O5. The molecule has 0 radical (unpaired) electrons. The van der Waals surface area contributed by atoms with Gasteiger partial charge in [-0.25, -0.2) is 4.39 Å². The molecule has 33 heavy (non-hydrogen) atoms. The van der Waals surface area contributed by atoms with Gasteiger partial charge in [0.1, 0.15) is 17.6 Å². The number of Topliss-reactive ketones (excluding diaryl/α,β-unsaturated/α-hetero) is 1. The summed E-state index contributed by atoms with van der Waals surface area (Å²) in [5.74, 6) is -1.57. The molecule has 1 fully saturated rings. The number of halogens is 1. The van der Waals surface area contributed by atoms with Crippen molar-refractivity contribution in [3.63, 3.8) is 0 Å². The second-order valence-corrected chi connectivity index (χ2v) is 7.38. The number of ketones is 1. The molecule has 0 spiro atoms. The van der Waals surface area contributed by atoms with Crippen molar-refractivity contribution in [2.75, 3.05) is 14.2 Å². The Balaban J connectivity index is 1.84. The second-order valence-electron chi connectivity index (χ2n) is 7.38. The molecule has 1 aliphatic heterocycles. The van der Waals surface area contributed by atoms with Crippen LogP contribution in [-0.2, 0) is 16.1 Å². The van der Waals surface area contributed by atoms with Crippen LogP contribution in [-0.4, -0.2) is 40.9 Å². The minimum absolute atomic E-state index is 0.0365. The largest absolute Gasteiger partial charge is 0.507 e. The summed E-state index contributed by atoms with van der Waals surface area (Å²) in [7, 11) is 2.94. The lowest BCUT2D eigenvalue weighted by Crippen LogP contribution is -2.29. The molecule has 8 heteroatoms. The van der Waals surface area contributed by atoms with Crippen molar-refractivity contribution < 1.29 is 28.6 Å². The Morgan fingerprint density at radius 3 is 2.39 bits per heavy atom. The molecule has 168 valence electrons. The van der Waals surface area contributed by atoms with E-state index in [1.54, 1.807) is 48.7 Å². The van der Waals surface area contributed by atoms with Crippen LogP contribution in [0.1, 0.15) is 22.9 Å². The third-order valence-corrected chi connectivity index (χ3v) is 5.43.